The lowest BCUT2D eigenvalue weighted by Gasteiger charge is -2.03. The van der Waals surface area contributed by atoms with Crippen LogP contribution in [-0.4, -0.2) is 24.9 Å². The van der Waals surface area contributed by atoms with Crippen molar-refractivity contribution in [3.05, 3.63) is 67.5 Å². The largest absolute Gasteiger partial charge is 0.264 e. The first-order valence-electron chi connectivity index (χ1n) is 7.01. The van der Waals surface area contributed by atoms with Crippen LogP contribution in [0.1, 0.15) is 0 Å². The molecule has 6 heteroatoms. The smallest absolute Gasteiger partial charge is 0.178 e. The van der Waals surface area contributed by atoms with E-state index in [9.17, 15) is 0 Å². The van der Waals surface area contributed by atoms with E-state index in [1.807, 2.05) is 36.7 Å². The molecule has 0 unspecified atom stereocenters. The van der Waals surface area contributed by atoms with Crippen LogP contribution in [0.2, 0.25) is 0 Å². The molecular weight excluding hydrogens is 306 g/mol. The number of thiazole rings is 1. The molecule has 4 aromatic heterocycles. The molecular formula is C17H11N5S. The van der Waals surface area contributed by atoms with Crippen molar-refractivity contribution in [1.29, 1.82) is 0 Å². The van der Waals surface area contributed by atoms with Gasteiger partial charge in [0.15, 0.2) is 5.82 Å². The van der Waals surface area contributed by atoms with Gasteiger partial charge in [-0.1, -0.05) is 6.07 Å². The highest BCUT2D eigenvalue weighted by atomic mass is 32.1. The summed E-state index contributed by atoms with van der Waals surface area (Å²) < 4.78 is 0. The third kappa shape index (κ3) is 2.72. The molecule has 0 N–H and O–H groups in total. The van der Waals surface area contributed by atoms with E-state index in [0.717, 1.165) is 26.7 Å². The second-order valence-electron chi connectivity index (χ2n) is 4.74. The van der Waals surface area contributed by atoms with Crippen LogP contribution in [0, 0.1) is 0 Å². The first-order chi connectivity index (χ1) is 11.4. The van der Waals surface area contributed by atoms with Crippen LogP contribution in [0.4, 0.5) is 0 Å². The number of nitrogens with zero attached hydrogens (tertiary/aromatic N) is 5. The third-order valence-electron chi connectivity index (χ3n) is 3.27. The SMILES string of the molecule is c1cnc(-c2ncccc2-c2ncc(-c3cccnc3)s2)nc1. The van der Waals surface area contributed by atoms with Gasteiger partial charge in [0.05, 0.1) is 4.88 Å². The van der Waals surface area contributed by atoms with Crippen molar-refractivity contribution in [2.45, 2.75) is 0 Å². The highest BCUT2D eigenvalue weighted by molar-refractivity contribution is 7.18. The molecule has 110 valence electrons. The Labute approximate surface area is 136 Å². The average Bonchev–Trinajstić information content (AvgIpc) is 3.13. The number of hydrogen-bond donors (Lipinski definition) is 0. The standard InChI is InChI=1S/C17H11N5S/c1-4-12(10-18-6-1)14-11-22-17(23-14)13-5-2-7-19-15(13)16-20-8-3-9-21-16/h1-11H. The zero-order chi connectivity index (χ0) is 15.5. The van der Waals surface area contributed by atoms with Crippen LogP contribution >= 0.6 is 11.3 Å². The van der Waals surface area contributed by atoms with Crippen LogP contribution in [0.3, 0.4) is 0 Å². The van der Waals surface area contributed by atoms with Crippen LogP contribution in [-0.2, 0) is 0 Å². The van der Waals surface area contributed by atoms with Gasteiger partial charge in [-0.2, -0.15) is 0 Å². The Balaban J connectivity index is 1.79. The second-order valence-corrected chi connectivity index (χ2v) is 5.77. The maximum absolute atomic E-state index is 4.54. The van der Waals surface area contributed by atoms with Crippen molar-refractivity contribution < 1.29 is 0 Å². The van der Waals surface area contributed by atoms with Crippen molar-refractivity contribution in [3.8, 4) is 32.5 Å². The molecule has 4 rings (SSSR count). The molecule has 0 aliphatic heterocycles. The van der Waals surface area contributed by atoms with E-state index < -0.39 is 0 Å². The normalized spacial score (nSPS) is 10.6. The summed E-state index contributed by atoms with van der Waals surface area (Å²) in [5, 5.41) is 0.888. The summed E-state index contributed by atoms with van der Waals surface area (Å²) >= 11 is 1.60. The van der Waals surface area contributed by atoms with Gasteiger partial charge in [-0.05, 0) is 24.3 Å². The second kappa shape index (κ2) is 6.02. The van der Waals surface area contributed by atoms with Gasteiger partial charge < -0.3 is 0 Å². The highest BCUT2D eigenvalue weighted by Gasteiger charge is 2.14. The maximum atomic E-state index is 4.54. The predicted molar refractivity (Wildman–Crippen MR) is 89.6 cm³/mol. The van der Waals surface area contributed by atoms with Crippen molar-refractivity contribution in [2.24, 2.45) is 0 Å². The van der Waals surface area contributed by atoms with E-state index in [4.69, 9.17) is 0 Å². The Kier molecular flexibility index (Phi) is 3.57. The van der Waals surface area contributed by atoms with Gasteiger partial charge >= 0.3 is 0 Å². The van der Waals surface area contributed by atoms with Crippen LogP contribution < -0.4 is 0 Å². The van der Waals surface area contributed by atoms with Gasteiger partial charge in [0, 0.05) is 48.3 Å². The van der Waals surface area contributed by atoms with Crippen molar-refractivity contribution in [3.63, 3.8) is 0 Å². The highest BCUT2D eigenvalue weighted by Crippen LogP contribution is 2.34. The van der Waals surface area contributed by atoms with Crippen molar-refractivity contribution in [1.82, 2.24) is 24.9 Å². The molecule has 0 atom stereocenters. The van der Waals surface area contributed by atoms with E-state index >= 15 is 0 Å². The van der Waals surface area contributed by atoms with Gasteiger partial charge in [-0.15, -0.1) is 11.3 Å². The molecule has 0 amide bonds. The molecule has 23 heavy (non-hydrogen) atoms. The lowest BCUT2D eigenvalue weighted by atomic mass is 10.2. The van der Waals surface area contributed by atoms with Crippen LogP contribution in [0.25, 0.3) is 32.5 Å². The van der Waals surface area contributed by atoms with Gasteiger partial charge in [0.2, 0.25) is 0 Å². The summed E-state index contributed by atoms with van der Waals surface area (Å²) in [4.78, 5) is 22.8. The fraction of sp³-hybridized carbons (Fsp3) is 0. The monoisotopic (exact) mass is 317 g/mol. The van der Waals surface area contributed by atoms with E-state index in [0.29, 0.717) is 5.82 Å². The molecule has 0 aliphatic carbocycles. The summed E-state index contributed by atoms with van der Waals surface area (Å²) in [6.07, 6.45) is 10.6. The van der Waals surface area contributed by atoms with Gasteiger partial charge in [0.1, 0.15) is 10.7 Å². The van der Waals surface area contributed by atoms with Gasteiger partial charge in [0.25, 0.3) is 0 Å². The number of pyridine rings is 2. The molecule has 4 heterocycles. The summed E-state index contributed by atoms with van der Waals surface area (Å²) in [5.41, 5.74) is 2.72. The number of aromatic nitrogens is 5. The molecule has 0 bridgehead atoms. The Morgan fingerprint density at radius 3 is 2.39 bits per heavy atom. The number of rotatable bonds is 3. The average molecular weight is 317 g/mol. The Bertz CT molecular complexity index is 922. The third-order valence-corrected chi connectivity index (χ3v) is 4.35. The van der Waals surface area contributed by atoms with Gasteiger partial charge in [-0.25, -0.2) is 15.0 Å². The van der Waals surface area contributed by atoms with E-state index in [1.165, 1.54) is 0 Å². The zero-order valence-corrected chi connectivity index (χ0v) is 12.8. The van der Waals surface area contributed by atoms with Crippen LogP contribution in [0.15, 0.2) is 67.5 Å². The fourth-order valence-electron chi connectivity index (χ4n) is 2.22. The van der Waals surface area contributed by atoms with E-state index in [2.05, 4.69) is 24.9 Å². The van der Waals surface area contributed by atoms with E-state index in [-0.39, 0.29) is 0 Å². The lowest BCUT2D eigenvalue weighted by Crippen LogP contribution is -1.93. The summed E-state index contributed by atoms with van der Waals surface area (Å²) in [6, 6.07) is 9.62. The topological polar surface area (TPSA) is 64.5 Å². The Morgan fingerprint density at radius 1 is 0.739 bits per heavy atom. The predicted octanol–water partition coefficient (Wildman–Crippen LogP) is 3.72. The molecule has 0 aromatic carbocycles. The van der Waals surface area contributed by atoms with E-state index in [1.54, 1.807) is 42.2 Å². The molecule has 0 aliphatic rings. The molecule has 0 saturated heterocycles. The van der Waals surface area contributed by atoms with Crippen LogP contribution in [0.5, 0.6) is 0 Å². The quantitative estimate of drug-likeness (QED) is 0.576. The Morgan fingerprint density at radius 2 is 1.57 bits per heavy atom. The minimum absolute atomic E-state index is 0.598. The van der Waals surface area contributed by atoms with Crippen molar-refractivity contribution >= 4 is 11.3 Å². The molecule has 0 spiro atoms. The Hall–Kier alpha value is -2.99. The van der Waals surface area contributed by atoms with Gasteiger partial charge in [-0.3, -0.25) is 9.97 Å². The van der Waals surface area contributed by atoms with Crippen molar-refractivity contribution in [2.75, 3.05) is 0 Å². The summed E-state index contributed by atoms with van der Waals surface area (Å²) in [5.74, 6) is 0.598. The summed E-state index contributed by atoms with van der Waals surface area (Å²) in [6.45, 7) is 0. The molecule has 0 fully saturated rings. The molecule has 4 aromatic rings. The molecule has 0 saturated carbocycles. The molecule has 0 radical (unpaired) electrons. The summed E-state index contributed by atoms with van der Waals surface area (Å²) in [7, 11) is 0. The fourth-order valence-corrected chi connectivity index (χ4v) is 3.15. The minimum atomic E-state index is 0.598. The zero-order valence-electron chi connectivity index (χ0n) is 12.0. The first-order valence-corrected chi connectivity index (χ1v) is 7.82. The molecule has 5 nitrogen and oxygen atoms in total. The lowest BCUT2D eigenvalue weighted by molar-refractivity contribution is 1.14. The minimum Gasteiger partial charge on any atom is -0.264 e. The maximum Gasteiger partial charge on any atom is 0.178 e. The number of hydrogen-bond acceptors (Lipinski definition) is 6. The first kappa shape index (κ1) is 13.7.